The van der Waals surface area contributed by atoms with Crippen LogP contribution in [-0.4, -0.2) is 88.0 Å². The van der Waals surface area contributed by atoms with Crippen molar-refractivity contribution in [2.24, 2.45) is 7.05 Å². The maximum Gasteiger partial charge on any atom is 0.257 e. The summed E-state index contributed by atoms with van der Waals surface area (Å²) in [6.45, 7) is 6.53. The topological polar surface area (TPSA) is 66.7 Å². The number of anilines is 1. The van der Waals surface area contributed by atoms with Crippen molar-refractivity contribution in [3.8, 4) is 0 Å². The number of hydrogen-bond donors (Lipinski definition) is 0. The first-order chi connectivity index (χ1) is 15.1. The van der Waals surface area contributed by atoms with Gasteiger partial charge >= 0.3 is 0 Å². The molecule has 2 aromatic heterocycles. The quantitative estimate of drug-likeness (QED) is 0.749. The fourth-order valence-electron chi connectivity index (χ4n) is 5.35. The Morgan fingerprint density at radius 2 is 1.94 bits per heavy atom. The van der Waals surface area contributed by atoms with Gasteiger partial charge in [0.15, 0.2) is 0 Å². The molecule has 0 aliphatic carbocycles. The summed E-state index contributed by atoms with van der Waals surface area (Å²) in [5.74, 6) is 1.16. The van der Waals surface area contributed by atoms with Crippen molar-refractivity contribution in [2.45, 2.75) is 37.3 Å². The molecule has 8 heteroatoms. The minimum absolute atomic E-state index is 0.0766. The number of amides is 1. The van der Waals surface area contributed by atoms with Crippen LogP contribution in [0.5, 0.6) is 0 Å². The van der Waals surface area contributed by atoms with E-state index in [4.69, 9.17) is 4.74 Å². The number of carbonyl (C=O) groups excluding carboxylic acids is 1. The summed E-state index contributed by atoms with van der Waals surface area (Å²) in [6, 6.07) is 6.69. The van der Waals surface area contributed by atoms with E-state index in [0.717, 1.165) is 77.4 Å². The Bertz CT molecular complexity index is 884. The van der Waals surface area contributed by atoms with E-state index in [1.807, 2.05) is 24.2 Å². The lowest BCUT2D eigenvalue weighted by Crippen LogP contribution is -2.57. The van der Waals surface area contributed by atoms with Gasteiger partial charge < -0.3 is 14.5 Å². The van der Waals surface area contributed by atoms with E-state index in [9.17, 15) is 4.79 Å². The smallest absolute Gasteiger partial charge is 0.257 e. The molecule has 31 heavy (non-hydrogen) atoms. The van der Waals surface area contributed by atoms with Gasteiger partial charge in [-0.15, -0.1) is 0 Å². The number of piperazine rings is 1. The number of likely N-dealkylation sites (tertiary alicyclic amines) is 1. The van der Waals surface area contributed by atoms with E-state index < -0.39 is 0 Å². The number of carbonyl (C=O) groups is 1. The zero-order valence-electron chi connectivity index (χ0n) is 18.3. The van der Waals surface area contributed by atoms with Gasteiger partial charge in [0.2, 0.25) is 0 Å². The predicted molar refractivity (Wildman–Crippen MR) is 118 cm³/mol. The molecular formula is C23H32N6O2. The molecule has 3 fully saturated rings. The summed E-state index contributed by atoms with van der Waals surface area (Å²) < 4.78 is 8.04. The summed E-state index contributed by atoms with van der Waals surface area (Å²) >= 11 is 0. The van der Waals surface area contributed by atoms with Crippen molar-refractivity contribution in [1.82, 2.24) is 24.6 Å². The molecule has 5 rings (SSSR count). The van der Waals surface area contributed by atoms with Gasteiger partial charge in [0.05, 0.1) is 17.4 Å². The number of piperidine rings is 1. The van der Waals surface area contributed by atoms with Crippen LogP contribution in [0.2, 0.25) is 0 Å². The van der Waals surface area contributed by atoms with Gasteiger partial charge in [0.25, 0.3) is 5.91 Å². The Morgan fingerprint density at radius 3 is 2.61 bits per heavy atom. The number of pyridine rings is 1. The summed E-state index contributed by atoms with van der Waals surface area (Å²) in [4.78, 5) is 24.3. The maximum atomic E-state index is 12.8. The molecule has 1 spiro atoms. The Balaban J connectivity index is 1.15. The first-order valence-electron chi connectivity index (χ1n) is 11.4. The Morgan fingerprint density at radius 1 is 1.13 bits per heavy atom. The highest BCUT2D eigenvalue weighted by Gasteiger charge is 2.43. The first-order valence-corrected chi connectivity index (χ1v) is 11.4. The molecule has 3 saturated heterocycles. The van der Waals surface area contributed by atoms with Gasteiger partial charge in [-0.2, -0.15) is 5.10 Å². The molecule has 0 saturated carbocycles. The van der Waals surface area contributed by atoms with E-state index in [2.05, 4.69) is 32.0 Å². The van der Waals surface area contributed by atoms with Gasteiger partial charge in [-0.1, -0.05) is 6.07 Å². The number of rotatable bonds is 3. The van der Waals surface area contributed by atoms with Crippen LogP contribution in [0, 0.1) is 0 Å². The van der Waals surface area contributed by atoms with E-state index in [-0.39, 0.29) is 11.5 Å². The minimum Gasteiger partial charge on any atom is -0.375 e. The highest BCUT2D eigenvalue weighted by molar-refractivity contribution is 5.93. The summed E-state index contributed by atoms with van der Waals surface area (Å²) in [5, 5.41) is 4.13. The number of ether oxygens (including phenoxy) is 1. The summed E-state index contributed by atoms with van der Waals surface area (Å²) in [5.41, 5.74) is 0.596. The Hall–Kier alpha value is -2.45. The van der Waals surface area contributed by atoms with Crippen LogP contribution in [0.15, 0.2) is 36.8 Å². The van der Waals surface area contributed by atoms with Crippen molar-refractivity contribution in [3.63, 3.8) is 0 Å². The van der Waals surface area contributed by atoms with Gasteiger partial charge in [0, 0.05) is 71.4 Å². The van der Waals surface area contributed by atoms with Crippen LogP contribution in [-0.2, 0) is 11.8 Å². The standard InChI is InChI=1S/C23H32N6O2/c1-26-18-19(17-25-26)22(30)29-9-6-23(7-10-29)16-20(5-15-31-23)27-11-13-28(14-12-27)21-4-2-3-8-24-21/h2-4,8,17-18,20H,5-7,9-16H2,1H3. The first kappa shape index (κ1) is 20.5. The second-order valence-electron chi connectivity index (χ2n) is 9.08. The van der Waals surface area contributed by atoms with Crippen LogP contribution in [0.25, 0.3) is 0 Å². The number of nitrogens with zero attached hydrogens (tertiary/aromatic N) is 6. The highest BCUT2D eigenvalue weighted by atomic mass is 16.5. The van der Waals surface area contributed by atoms with Crippen LogP contribution in [0.3, 0.4) is 0 Å². The minimum atomic E-state index is -0.0766. The lowest BCUT2D eigenvalue weighted by Gasteiger charge is -2.49. The molecule has 166 valence electrons. The van der Waals surface area contributed by atoms with Crippen LogP contribution >= 0.6 is 0 Å². The summed E-state index contributed by atoms with van der Waals surface area (Å²) in [7, 11) is 1.84. The van der Waals surface area contributed by atoms with Crippen LogP contribution in [0.1, 0.15) is 36.0 Å². The molecule has 0 radical (unpaired) electrons. The van der Waals surface area contributed by atoms with E-state index in [0.29, 0.717) is 11.6 Å². The number of aromatic nitrogens is 3. The third kappa shape index (κ3) is 4.32. The molecule has 0 aromatic carbocycles. The van der Waals surface area contributed by atoms with Crippen LogP contribution in [0.4, 0.5) is 5.82 Å². The van der Waals surface area contributed by atoms with E-state index in [1.54, 1.807) is 17.1 Å². The zero-order chi connectivity index (χ0) is 21.3. The molecule has 1 atom stereocenters. The zero-order valence-corrected chi connectivity index (χ0v) is 18.3. The average Bonchev–Trinajstić information content (AvgIpc) is 3.26. The molecule has 1 unspecified atom stereocenters. The van der Waals surface area contributed by atoms with Crippen LogP contribution < -0.4 is 4.90 Å². The second-order valence-corrected chi connectivity index (χ2v) is 9.08. The SMILES string of the molecule is Cn1cc(C(=O)N2CCC3(CC2)CC(N2CCN(c4ccccn4)CC2)CCO3)cn1. The predicted octanol–water partition coefficient (Wildman–Crippen LogP) is 1.79. The van der Waals surface area contributed by atoms with Gasteiger partial charge in [-0.05, 0) is 37.8 Å². The molecule has 0 bridgehead atoms. The van der Waals surface area contributed by atoms with E-state index >= 15 is 0 Å². The largest absolute Gasteiger partial charge is 0.375 e. The third-order valence-electron chi connectivity index (χ3n) is 7.18. The monoisotopic (exact) mass is 424 g/mol. The molecule has 3 aliphatic heterocycles. The molecule has 0 N–H and O–H groups in total. The number of hydrogen-bond acceptors (Lipinski definition) is 6. The maximum absolute atomic E-state index is 12.8. The van der Waals surface area contributed by atoms with Crippen molar-refractivity contribution in [3.05, 3.63) is 42.4 Å². The van der Waals surface area contributed by atoms with Crippen molar-refractivity contribution in [1.29, 1.82) is 0 Å². The molecule has 1 amide bonds. The molecule has 2 aromatic rings. The fraction of sp³-hybridized carbons (Fsp3) is 0.609. The average molecular weight is 425 g/mol. The molecule has 3 aliphatic rings. The van der Waals surface area contributed by atoms with Crippen molar-refractivity contribution < 1.29 is 9.53 Å². The van der Waals surface area contributed by atoms with Crippen molar-refractivity contribution >= 4 is 11.7 Å². The second kappa shape index (κ2) is 8.59. The lowest BCUT2D eigenvalue weighted by molar-refractivity contribution is -0.130. The Labute approximate surface area is 183 Å². The number of aryl methyl sites for hydroxylation is 1. The molecular weight excluding hydrogens is 392 g/mol. The Kier molecular flexibility index (Phi) is 5.67. The van der Waals surface area contributed by atoms with Crippen molar-refractivity contribution in [2.75, 3.05) is 50.8 Å². The highest BCUT2D eigenvalue weighted by Crippen LogP contribution is 2.37. The third-order valence-corrected chi connectivity index (χ3v) is 7.18. The summed E-state index contributed by atoms with van der Waals surface area (Å²) in [6.07, 6.45) is 9.34. The fourth-order valence-corrected chi connectivity index (χ4v) is 5.35. The molecule has 5 heterocycles. The van der Waals surface area contributed by atoms with Gasteiger partial charge in [-0.25, -0.2) is 4.98 Å². The van der Waals surface area contributed by atoms with E-state index in [1.165, 1.54) is 0 Å². The van der Waals surface area contributed by atoms with Gasteiger partial charge in [-0.3, -0.25) is 14.4 Å². The van der Waals surface area contributed by atoms with Gasteiger partial charge in [0.1, 0.15) is 5.82 Å². The molecule has 8 nitrogen and oxygen atoms in total. The lowest BCUT2D eigenvalue weighted by atomic mass is 9.81. The normalized spacial score (nSPS) is 24.5.